The molecule has 34 heavy (non-hydrogen) atoms. The molecule has 0 aliphatic rings. The first kappa shape index (κ1) is 25.3. The molecule has 180 valence electrons. The van der Waals surface area contributed by atoms with Gasteiger partial charge in [-0.2, -0.15) is 0 Å². The van der Waals surface area contributed by atoms with Gasteiger partial charge in [-0.1, -0.05) is 51.5 Å². The number of hydrogen-bond donors (Lipinski definition) is 0. The molecule has 1 unspecified atom stereocenters. The fourth-order valence-electron chi connectivity index (χ4n) is 3.76. The smallest absolute Gasteiger partial charge is 0.344 e. The van der Waals surface area contributed by atoms with Crippen LogP contribution in [0.15, 0.2) is 63.8 Å². The third kappa shape index (κ3) is 6.60. The Hall–Kier alpha value is -3.34. The average molecular weight is 463 g/mol. The summed E-state index contributed by atoms with van der Waals surface area (Å²) in [6, 6.07) is 13.6. The summed E-state index contributed by atoms with van der Waals surface area (Å²) in [6.07, 6.45) is 4.66. The number of ether oxygens (including phenoxy) is 2. The van der Waals surface area contributed by atoms with Crippen LogP contribution in [0.5, 0.6) is 5.75 Å². The molecule has 0 N–H and O–H groups in total. The first-order chi connectivity index (χ1) is 16.3. The summed E-state index contributed by atoms with van der Waals surface area (Å²) in [4.78, 5) is 24.3. The van der Waals surface area contributed by atoms with Crippen molar-refractivity contribution in [2.45, 2.75) is 53.4 Å². The van der Waals surface area contributed by atoms with E-state index >= 15 is 0 Å². The predicted molar refractivity (Wildman–Crippen MR) is 136 cm³/mol. The molecule has 5 nitrogen and oxygen atoms in total. The molecule has 0 radical (unpaired) electrons. The summed E-state index contributed by atoms with van der Waals surface area (Å²) in [5, 5.41) is 0.830. The van der Waals surface area contributed by atoms with Gasteiger partial charge in [0, 0.05) is 22.9 Å². The molecule has 0 bridgehead atoms. The van der Waals surface area contributed by atoms with Crippen LogP contribution in [-0.4, -0.2) is 19.2 Å². The van der Waals surface area contributed by atoms with Crippen molar-refractivity contribution in [3.05, 3.63) is 76.2 Å². The number of aryl methyl sites for hydroxylation is 2. The van der Waals surface area contributed by atoms with Crippen LogP contribution in [0.2, 0.25) is 0 Å². The number of rotatable bonds is 11. The zero-order valence-corrected chi connectivity index (χ0v) is 20.6. The number of benzene rings is 2. The molecule has 1 aromatic heterocycles. The van der Waals surface area contributed by atoms with Crippen molar-refractivity contribution in [2.75, 3.05) is 13.2 Å². The summed E-state index contributed by atoms with van der Waals surface area (Å²) < 4.78 is 16.6. The van der Waals surface area contributed by atoms with Gasteiger partial charge in [0.05, 0.1) is 18.8 Å². The van der Waals surface area contributed by atoms with Gasteiger partial charge >= 0.3 is 11.6 Å². The van der Waals surface area contributed by atoms with Gasteiger partial charge in [-0.25, -0.2) is 9.59 Å². The maximum Gasteiger partial charge on any atom is 0.344 e. The van der Waals surface area contributed by atoms with E-state index in [0.717, 1.165) is 22.9 Å². The minimum absolute atomic E-state index is 0.00120. The molecule has 3 aromatic rings. The van der Waals surface area contributed by atoms with Crippen molar-refractivity contribution in [3.63, 3.8) is 0 Å². The van der Waals surface area contributed by atoms with Crippen LogP contribution in [-0.2, 0) is 16.0 Å². The van der Waals surface area contributed by atoms with Crippen molar-refractivity contribution < 1.29 is 18.7 Å². The first-order valence-electron chi connectivity index (χ1n) is 11.9. The van der Waals surface area contributed by atoms with Crippen LogP contribution >= 0.6 is 0 Å². The van der Waals surface area contributed by atoms with E-state index in [9.17, 15) is 9.59 Å². The van der Waals surface area contributed by atoms with Gasteiger partial charge in [0.1, 0.15) is 11.3 Å². The second-order valence-corrected chi connectivity index (χ2v) is 9.05. The van der Waals surface area contributed by atoms with E-state index in [4.69, 9.17) is 13.9 Å². The Morgan fingerprint density at radius 3 is 2.56 bits per heavy atom. The standard InChI is InChI=1S/C29H34O5/c1-6-7-8-9-22-10-13-25(21(5)14-22)26-15-23-11-12-24(16-27(23)34-29(26)31)32-17-20(4)18-33-28(30)19(2)3/h10-16,20H,2,6-9,17-18H2,1,3-5H3. The van der Waals surface area contributed by atoms with Gasteiger partial charge in [0.25, 0.3) is 0 Å². The van der Waals surface area contributed by atoms with Gasteiger partial charge in [-0.05, 0) is 61.6 Å². The Labute approximate surface area is 201 Å². The number of esters is 1. The van der Waals surface area contributed by atoms with Crippen molar-refractivity contribution in [3.8, 4) is 16.9 Å². The summed E-state index contributed by atoms with van der Waals surface area (Å²) in [5.41, 5.74) is 4.30. The first-order valence-corrected chi connectivity index (χ1v) is 11.9. The van der Waals surface area contributed by atoms with Crippen LogP contribution in [0.25, 0.3) is 22.1 Å². The molecule has 3 rings (SSSR count). The fraction of sp³-hybridized carbons (Fsp3) is 0.379. The molecule has 0 amide bonds. The maximum atomic E-state index is 12.8. The van der Waals surface area contributed by atoms with Crippen LogP contribution < -0.4 is 10.4 Å². The van der Waals surface area contributed by atoms with E-state index in [1.165, 1.54) is 24.8 Å². The van der Waals surface area contributed by atoms with E-state index in [1.807, 2.05) is 38.1 Å². The molecule has 0 aliphatic heterocycles. The number of hydrogen-bond acceptors (Lipinski definition) is 5. The molecule has 0 aliphatic carbocycles. The minimum atomic E-state index is -0.406. The SMILES string of the molecule is C=C(C)C(=O)OCC(C)COc1ccc2cc(-c3ccc(CCCCC)cc3C)c(=O)oc2c1. The molecule has 2 aromatic carbocycles. The average Bonchev–Trinajstić information content (AvgIpc) is 2.81. The Morgan fingerprint density at radius 2 is 1.85 bits per heavy atom. The third-order valence-corrected chi connectivity index (χ3v) is 5.74. The van der Waals surface area contributed by atoms with Crippen molar-refractivity contribution in [1.29, 1.82) is 0 Å². The van der Waals surface area contributed by atoms with Gasteiger partial charge in [-0.3, -0.25) is 0 Å². The van der Waals surface area contributed by atoms with Gasteiger partial charge < -0.3 is 13.9 Å². The monoisotopic (exact) mass is 462 g/mol. The second-order valence-electron chi connectivity index (χ2n) is 9.05. The highest BCUT2D eigenvalue weighted by molar-refractivity contribution is 5.87. The molecule has 5 heteroatoms. The zero-order chi connectivity index (χ0) is 24.7. The Kier molecular flexibility index (Phi) is 8.69. The quantitative estimate of drug-likeness (QED) is 0.138. The molecule has 1 atom stereocenters. The molecular weight excluding hydrogens is 428 g/mol. The van der Waals surface area contributed by atoms with Crippen LogP contribution in [0.3, 0.4) is 0 Å². The fourth-order valence-corrected chi connectivity index (χ4v) is 3.76. The zero-order valence-electron chi connectivity index (χ0n) is 20.6. The number of unbranched alkanes of at least 4 members (excludes halogenated alkanes) is 2. The van der Waals surface area contributed by atoms with Gasteiger partial charge in [-0.15, -0.1) is 0 Å². The van der Waals surface area contributed by atoms with E-state index in [2.05, 4.69) is 25.6 Å². The molecule has 1 heterocycles. The van der Waals surface area contributed by atoms with Crippen LogP contribution in [0, 0.1) is 12.8 Å². The highest BCUT2D eigenvalue weighted by atomic mass is 16.5. The number of carbonyl (C=O) groups excluding carboxylic acids is 1. The summed E-state index contributed by atoms with van der Waals surface area (Å²) in [5.74, 6) is 0.187. The second kappa shape index (κ2) is 11.7. The normalized spacial score (nSPS) is 11.9. The lowest BCUT2D eigenvalue weighted by Crippen LogP contribution is -2.18. The highest BCUT2D eigenvalue weighted by Crippen LogP contribution is 2.27. The van der Waals surface area contributed by atoms with Crippen LogP contribution in [0.1, 0.15) is 51.2 Å². The molecular formula is C29H34O5. The predicted octanol–water partition coefficient (Wildman–Crippen LogP) is 6.64. The Bertz CT molecular complexity index is 1220. The van der Waals surface area contributed by atoms with Crippen molar-refractivity contribution >= 4 is 16.9 Å². The van der Waals surface area contributed by atoms with E-state index in [0.29, 0.717) is 29.1 Å². The molecule has 0 spiro atoms. The van der Waals surface area contributed by atoms with Crippen LogP contribution in [0.4, 0.5) is 0 Å². The summed E-state index contributed by atoms with van der Waals surface area (Å²) in [6.45, 7) is 12.0. The number of carbonyl (C=O) groups is 1. The lowest BCUT2D eigenvalue weighted by atomic mass is 9.97. The summed E-state index contributed by atoms with van der Waals surface area (Å²) >= 11 is 0. The molecule has 0 saturated carbocycles. The largest absolute Gasteiger partial charge is 0.493 e. The minimum Gasteiger partial charge on any atom is -0.493 e. The lowest BCUT2D eigenvalue weighted by Gasteiger charge is -2.14. The van der Waals surface area contributed by atoms with E-state index in [-0.39, 0.29) is 18.2 Å². The third-order valence-electron chi connectivity index (χ3n) is 5.74. The lowest BCUT2D eigenvalue weighted by molar-refractivity contribution is -0.140. The Morgan fingerprint density at radius 1 is 1.06 bits per heavy atom. The Balaban J connectivity index is 1.72. The van der Waals surface area contributed by atoms with Crippen molar-refractivity contribution in [1.82, 2.24) is 0 Å². The van der Waals surface area contributed by atoms with E-state index in [1.54, 1.807) is 13.0 Å². The number of fused-ring (bicyclic) bond motifs is 1. The van der Waals surface area contributed by atoms with Gasteiger partial charge in [0.15, 0.2) is 0 Å². The topological polar surface area (TPSA) is 65.7 Å². The van der Waals surface area contributed by atoms with E-state index < -0.39 is 5.97 Å². The maximum absolute atomic E-state index is 12.8. The summed E-state index contributed by atoms with van der Waals surface area (Å²) in [7, 11) is 0. The highest BCUT2D eigenvalue weighted by Gasteiger charge is 2.13. The van der Waals surface area contributed by atoms with Crippen molar-refractivity contribution in [2.24, 2.45) is 5.92 Å². The molecule has 0 fully saturated rings. The molecule has 0 saturated heterocycles. The van der Waals surface area contributed by atoms with Gasteiger partial charge in [0.2, 0.25) is 0 Å².